The Morgan fingerprint density at radius 2 is 1.73 bits per heavy atom. The zero-order valence-corrected chi connectivity index (χ0v) is 9.16. The first-order valence-corrected chi connectivity index (χ1v) is 4.87. The summed E-state index contributed by atoms with van der Waals surface area (Å²) < 4.78 is 0. The fourth-order valence-electron chi connectivity index (χ4n) is 0.976. The standard InChI is InChI=1S/C11H8Cl2O2/c12-9-5-8(6-10(13)7-9)3-1-2-4-11(14)15/h1-7H,(H,14,15). The second-order valence-corrected chi connectivity index (χ2v) is 3.63. The number of aliphatic carboxylic acids is 1. The average molecular weight is 243 g/mol. The van der Waals surface area contributed by atoms with Gasteiger partial charge in [-0.25, -0.2) is 4.79 Å². The molecular weight excluding hydrogens is 235 g/mol. The van der Waals surface area contributed by atoms with Crippen LogP contribution < -0.4 is 0 Å². The van der Waals surface area contributed by atoms with E-state index >= 15 is 0 Å². The summed E-state index contributed by atoms with van der Waals surface area (Å²) >= 11 is 11.6. The molecule has 0 heterocycles. The first-order chi connectivity index (χ1) is 7.08. The Hall–Kier alpha value is -1.25. The maximum Gasteiger partial charge on any atom is 0.328 e. The van der Waals surface area contributed by atoms with Crippen LogP contribution in [0, 0.1) is 0 Å². The highest BCUT2D eigenvalue weighted by Gasteiger charge is 1.93. The van der Waals surface area contributed by atoms with Gasteiger partial charge >= 0.3 is 5.97 Å². The second kappa shape index (κ2) is 5.59. The topological polar surface area (TPSA) is 37.3 Å². The molecule has 0 aliphatic carbocycles. The highest BCUT2D eigenvalue weighted by Crippen LogP contribution is 2.19. The van der Waals surface area contributed by atoms with Crippen LogP contribution in [0.3, 0.4) is 0 Å². The van der Waals surface area contributed by atoms with Gasteiger partial charge in [0.05, 0.1) is 0 Å². The van der Waals surface area contributed by atoms with E-state index in [4.69, 9.17) is 28.3 Å². The van der Waals surface area contributed by atoms with Crippen LogP contribution in [0.2, 0.25) is 10.0 Å². The molecular formula is C11H8Cl2O2. The van der Waals surface area contributed by atoms with Crippen LogP contribution in [-0.2, 0) is 4.79 Å². The number of carbonyl (C=O) groups is 1. The minimum absolute atomic E-state index is 0.546. The number of hydrogen-bond donors (Lipinski definition) is 1. The quantitative estimate of drug-likeness (QED) is 0.649. The molecule has 1 rings (SSSR count). The van der Waals surface area contributed by atoms with Crippen LogP contribution in [0.25, 0.3) is 6.08 Å². The number of carboxylic acids is 1. The summed E-state index contributed by atoms with van der Waals surface area (Å²) in [5, 5.41) is 9.43. The van der Waals surface area contributed by atoms with Crippen LogP contribution >= 0.6 is 23.2 Å². The van der Waals surface area contributed by atoms with Crippen molar-refractivity contribution in [2.75, 3.05) is 0 Å². The molecule has 2 nitrogen and oxygen atoms in total. The van der Waals surface area contributed by atoms with E-state index < -0.39 is 5.97 Å². The number of hydrogen-bond acceptors (Lipinski definition) is 1. The smallest absolute Gasteiger partial charge is 0.328 e. The average Bonchev–Trinajstić information content (AvgIpc) is 2.10. The van der Waals surface area contributed by atoms with E-state index in [2.05, 4.69) is 0 Å². The van der Waals surface area contributed by atoms with E-state index in [1.807, 2.05) is 0 Å². The molecule has 0 aliphatic heterocycles. The summed E-state index contributed by atoms with van der Waals surface area (Å²) in [6.45, 7) is 0. The van der Waals surface area contributed by atoms with Gasteiger partial charge in [0.1, 0.15) is 0 Å². The monoisotopic (exact) mass is 242 g/mol. The van der Waals surface area contributed by atoms with Crippen LogP contribution in [0.1, 0.15) is 5.56 Å². The molecule has 1 aromatic carbocycles. The summed E-state index contributed by atoms with van der Waals surface area (Å²) in [5.74, 6) is -0.983. The molecule has 15 heavy (non-hydrogen) atoms. The maximum absolute atomic E-state index is 10.2. The molecule has 0 radical (unpaired) electrons. The fourth-order valence-corrected chi connectivity index (χ4v) is 1.52. The summed E-state index contributed by atoms with van der Waals surface area (Å²) in [6, 6.07) is 5.10. The lowest BCUT2D eigenvalue weighted by molar-refractivity contribution is -0.131. The van der Waals surface area contributed by atoms with Crippen molar-refractivity contribution in [2.24, 2.45) is 0 Å². The van der Waals surface area contributed by atoms with Crippen LogP contribution in [0.5, 0.6) is 0 Å². The minimum Gasteiger partial charge on any atom is -0.478 e. The summed E-state index contributed by atoms with van der Waals surface area (Å²) in [7, 11) is 0. The molecule has 0 saturated carbocycles. The van der Waals surface area contributed by atoms with E-state index in [0.717, 1.165) is 11.6 Å². The normalized spacial score (nSPS) is 11.3. The zero-order valence-electron chi connectivity index (χ0n) is 7.65. The molecule has 0 spiro atoms. The molecule has 1 N–H and O–H groups in total. The Labute approximate surface area is 97.4 Å². The molecule has 78 valence electrons. The third kappa shape index (κ3) is 4.68. The lowest BCUT2D eigenvalue weighted by Gasteiger charge is -1.95. The Morgan fingerprint density at radius 3 is 2.27 bits per heavy atom. The third-order valence-corrected chi connectivity index (χ3v) is 1.96. The van der Waals surface area contributed by atoms with Crippen molar-refractivity contribution in [3.8, 4) is 0 Å². The molecule has 0 saturated heterocycles. The Kier molecular flexibility index (Phi) is 4.40. The van der Waals surface area contributed by atoms with Crippen molar-refractivity contribution in [2.45, 2.75) is 0 Å². The fraction of sp³-hybridized carbons (Fsp3) is 0. The molecule has 0 fully saturated rings. The lowest BCUT2D eigenvalue weighted by atomic mass is 10.2. The number of allylic oxidation sites excluding steroid dienone is 2. The second-order valence-electron chi connectivity index (χ2n) is 2.76. The van der Waals surface area contributed by atoms with Gasteiger partial charge in [-0.1, -0.05) is 41.4 Å². The van der Waals surface area contributed by atoms with Crippen molar-refractivity contribution in [1.82, 2.24) is 0 Å². The SMILES string of the molecule is O=C(O)C=CC=Cc1cc(Cl)cc(Cl)c1. The van der Waals surface area contributed by atoms with Gasteiger partial charge in [0.2, 0.25) is 0 Å². The molecule has 0 aromatic heterocycles. The van der Waals surface area contributed by atoms with E-state index in [1.165, 1.54) is 6.08 Å². The molecule has 0 amide bonds. The van der Waals surface area contributed by atoms with E-state index in [9.17, 15) is 4.79 Å². The van der Waals surface area contributed by atoms with Crippen LogP contribution in [0.15, 0.2) is 36.4 Å². The number of benzene rings is 1. The third-order valence-electron chi connectivity index (χ3n) is 1.52. The first-order valence-electron chi connectivity index (χ1n) is 4.12. The van der Waals surface area contributed by atoms with Gasteiger partial charge in [-0.2, -0.15) is 0 Å². The minimum atomic E-state index is -0.983. The zero-order chi connectivity index (χ0) is 11.3. The van der Waals surface area contributed by atoms with Crippen LogP contribution in [-0.4, -0.2) is 11.1 Å². The van der Waals surface area contributed by atoms with Crippen molar-refractivity contribution < 1.29 is 9.90 Å². The molecule has 0 aliphatic rings. The number of carboxylic acid groups (broad SMARTS) is 1. The van der Waals surface area contributed by atoms with Crippen molar-refractivity contribution in [1.29, 1.82) is 0 Å². The Bertz CT molecular complexity index is 402. The van der Waals surface area contributed by atoms with Gasteiger partial charge in [-0.05, 0) is 23.8 Å². The summed E-state index contributed by atoms with van der Waals surface area (Å²) in [4.78, 5) is 10.2. The summed E-state index contributed by atoms with van der Waals surface area (Å²) in [6.07, 6.45) is 5.80. The number of rotatable bonds is 3. The maximum atomic E-state index is 10.2. The highest BCUT2D eigenvalue weighted by atomic mass is 35.5. The van der Waals surface area contributed by atoms with E-state index in [0.29, 0.717) is 10.0 Å². The van der Waals surface area contributed by atoms with Crippen LogP contribution in [0.4, 0.5) is 0 Å². The van der Waals surface area contributed by atoms with Gasteiger partial charge in [-0.15, -0.1) is 0 Å². The Balaban J connectivity index is 2.76. The van der Waals surface area contributed by atoms with Gasteiger partial charge in [0.25, 0.3) is 0 Å². The molecule has 0 bridgehead atoms. The molecule has 1 aromatic rings. The van der Waals surface area contributed by atoms with Gasteiger partial charge in [0.15, 0.2) is 0 Å². The predicted molar refractivity (Wildman–Crippen MR) is 62.3 cm³/mol. The van der Waals surface area contributed by atoms with E-state index in [1.54, 1.807) is 30.4 Å². The molecule has 0 atom stereocenters. The predicted octanol–water partition coefficient (Wildman–Crippen LogP) is 3.65. The van der Waals surface area contributed by atoms with E-state index in [-0.39, 0.29) is 0 Å². The number of halogens is 2. The van der Waals surface area contributed by atoms with Crippen molar-refractivity contribution in [3.63, 3.8) is 0 Å². The first kappa shape index (κ1) is 11.8. The summed E-state index contributed by atoms with van der Waals surface area (Å²) in [5.41, 5.74) is 0.822. The van der Waals surface area contributed by atoms with Crippen molar-refractivity contribution >= 4 is 35.2 Å². The van der Waals surface area contributed by atoms with Gasteiger partial charge in [-0.3, -0.25) is 0 Å². The van der Waals surface area contributed by atoms with Gasteiger partial charge in [0, 0.05) is 16.1 Å². The molecule has 4 heteroatoms. The van der Waals surface area contributed by atoms with Crippen molar-refractivity contribution in [3.05, 3.63) is 52.0 Å². The molecule has 0 unspecified atom stereocenters. The van der Waals surface area contributed by atoms with Gasteiger partial charge < -0.3 is 5.11 Å². The Morgan fingerprint density at radius 1 is 1.13 bits per heavy atom. The largest absolute Gasteiger partial charge is 0.478 e. The lowest BCUT2D eigenvalue weighted by Crippen LogP contribution is -1.84. The highest BCUT2D eigenvalue weighted by molar-refractivity contribution is 6.34.